The number of hydrogen-bond acceptors (Lipinski definition) is 7. The minimum atomic E-state index is -0.0487. The first-order chi connectivity index (χ1) is 12.1. The van der Waals surface area contributed by atoms with Gasteiger partial charge in [0.15, 0.2) is 0 Å². The lowest BCUT2D eigenvalue weighted by Crippen LogP contribution is -2.27. The van der Waals surface area contributed by atoms with Gasteiger partial charge in [-0.1, -0.05) is 13.8 Å². The highest BCUT2D eigenvalue weighted by Crippen LogP contribution is 1.84. The summed E-state index contributed by atoms with van der Waals surface area (Å²) in [7, 11) is 0. The number of ether oxygens (including phenoxy) is 5. The molecule has 0 aromatic carbocycles. The molecule has 0 aliphatic carbocycles. The SMILES string of the molecule is CC(=O)NCCOCCOCCOCCOCCOCCNC(C)C. The summed E-state index contributed by atoms with van der Waals surface area (Å²) >= 11 is 0. The topological polar surface area (TPSA) is 87.3 Å². The van der Waals surface area contributed by atoms with Gasteiger partial charge in [0.1, 0.15) is 0 Å². The Labute approximate surface area is 151 Å². The molecule has 1 amide bonds. The maximum Gasteiger partial charge on any atom is 0.216 e. The molecule has 0 atom stereocenters. The third-order valence-corrected chi connectivity index (χ3v) is 2.91. The van der Waals surface area contributed by atoms with E-state index in [9.17, 15) is 4.79 Å². The Morgan fingerprint density at radius 2 is 1.04 bits per heavy atom. The van der Waals surface area contributed by atoms with Crippen molar-refractivity contribution < 1.29 is 28.5 Å². The highest BCUT2D eigenvalue weighted by Gasteiger charge is 1.95. The molecule has 0 aromatic rings. The Balaban J connectivity index is 2.99. The smallest absolute Gasteiger partial charge is 0.216 e. The largest absolute Gasteiger partial charge is 0.378 e. The average Bonchev–Trinajstić information content (AvgIpc) is 2.56. The summed E-state index contributed by atoms with van der Waals surface area (Å²) in [4.78, 5) is 10.6. The van der Waals surface area contributed by atoms with Gasteiger partial charge in [0, 0.05) is 26.1 Å². The van der Waals surface area contributed by atoms with E-state index in [0.717, 1.165) is 6.54 Å². The van der Waals surface area contributed by atoms with Crippen LogP contribution < -0.4 is 10.6 Å². The number of rotatable bonds is 19. The van der Waals surface area contributed by atoms with Gasteiger partial charge >= 0.3 is 0 Å². The number of nitrogens with one attached hydrogen (secondary N) is 2. The van der Waals surface area contributed by atoms with Crippen LogP contribution in [0.1, 0.15) is 20.8 Å². The van der Waals surface area contributed by atoms with Gasteiger partial charge in [-0.15, -0.1) is 0 Å². The average molecular weight is 364 g/mol. The second-order valence-corrected chi connectivity index (χ2v) is 5.65. The molecule has 0 heterocycles. The Kier molecular flexibility index (Phi) is 19.0. The molecule has 25 heavy (non-hydrogen) atoms. The molecular weight excluding hydrogens is 328 g/mol. The lowest BCUT2D eigenvalue weighted by atomic mass is 10.4. The standard InChI is InChI=1S/C17H36N2O6/c1-16(2)18-4-6-21-8-10-23-12-14-25-15-13-24-11-9-22-7-5-19-17(3)20/h16,18H,4-15H2,1-3H3,(H,19,20). The molecule has 0 saturated heterocycles. The van der Waals surface area contributed by atoms with Gasteiger partial charge < -0.3 is 34.3 Å². The zero-order chi connectivity index (χ0) is 18.6. The van der Waals surface area contributed by atoms with E-state index < -0.39 is 0 Å². The quantitative estimate of drug-likeness (QED) is 0.317. The molecule has 0 spiro atoms. The highest BCUT2D eigenvalue weighted by molar-refractivity contribution is 5.72. The van der Waals surface area contributed by atoms with Crippen LogP contribution in [0.5, 0.6) is 0 Å². The number of carbonyl (C=O) groups excluding carboxylic acids is 1. The number of carbonyl (C=O) groups is 1. The first-order valence-corrected chi connectivity index (χ1v) is 8.99. The van der Waals surface area contributed by atoms with E-state index in [1.54, 1.807) is 0 Å². The van der Waals surface area contributed by atoms with E-state index in [0.29, 0.717) is 78.7 Å². The molecule has 150 valence electrons. The second kappa shape index (κ2) is 19.6. The summed E-state index contributed by atoms with van der Waals surface area (Å²) in [6.07, 6.45) is 0. The van der Waals surface area contributed by atoms with E-state index in [-0.39, 0.29) is 5.91 Å². The van der Waals surface area contributed by atoms with Gasteiger partial charge in [0.05, 0.1) is 66.1 Å². The van der Waals surface area contributed by atoms with Crippen molar-refractivity contribution in [3.05, 3.63) is 0 Å². The fourth-order valence-corrected chi connectivity index (χ4v) is 1.70. The summed E-state index contributed by atoms with van der Waals surface area (Å²) in [5.41, 5.74) is 0. The number of amides is 1. The van der Waals surface area contributed by atoms with Crippen LogP contribution in [0, 0.1) is 0 Å². The van der Waals surface area contributed by atoms with Crippen molar-refractivity contribution in [3.8, 4) is 0 Å². The van der Waals surface area contributed by atoms with Crippen molar-refractivity contribution in [1.29, 1.82) is 0 Å². The second-order valence-electron chi connectivity index (χ2n) is 5.65. The lowest BCUT2D eigenvalue weighted by Gasteiger charge is -2.09. The zero-order valence-electron chi connectivity index (χ0n) is 16.0. The van der Waals surface area contributed by atoms with Gasteiger partial charge in [0.25, 0.3) is 0 Å². The van der Waals surface area contributed by atoms with Crippen LogP contribution in [0.25, 0.3) is 0 Å². The molecule has 0 fully saturated rings. The molecule has 0 saturated carbocycles. The van der Waals surface area contributed by atoms with E-state index in [2.05, 4.69) is 24.5 Å². The normalized spacial score (nSPS) is 11.2. The predicted molar refractivity (Wildman–Crippen MR) is 95.9 cm³/mol. The number of hydrogen-bond donors (Lipinski definition) is 2. The van der Waals surface area contributed by atoms with E-state index in [4.69, 9.17) is 23.7 Å². The van der Waals surface area contributed by atoms with Gasteiger partial charge in [-0.2, -0.15) is 0 Å². The van der Waals surface area contributed by atoms with E-state index >= 15 is 0 Å². The molecular formula is C17H36N2O6. The van der Waals surface area contributed by atoms with Crippen molar-refractivity contribution >= 4 is 5.91 Å². The predicted octanol–water partition coefficient (Wildman–Crippen LogP) is 0.204. The molecule has 0 bridgehead atoms. The fourth-order valence-electron chi connectivity index (χ4n) is 1.70. The first-order valence-electron chi connectivity index (χ1n) is 8.99. The Morgan fingerprint density at radius 1 is 0.680 bits per heavy atom. The summed E-state index contributed by atoms with van der Waals surface area (Å²) in [5.74, 6) is -0.0487. The van der Waals surface area contributed by atoms with Crippen LogP contribution >= 0.6 is 0 Å². The molecule has 0 rings (SSSR count). The van der Waals surface area contributed by atoms with Crippen molar-refractivity contribution in [1.82, 2.24) is 10.6 Å². The summed E-state index contributed by atoms with van der Waals surface area (Å²) in [6, 6.07) is 0.489. The fraction of sp³-hybridized carbons (Fsp3) is 0.941. The minimum absolute atomic E-state index is 0.0487. The lowest BCUT2D eigenvalue weighted by molar-refractivity contribution is -0.119. The van der Waals surface area contributed by atoms with Crippen molar-refractivity contribution in [3.63, 3.8) is 0 Å². The molecule has 8 nitrogen and oxygen atoms in total. The maximum atomic E-state index is 10.6. The van der Waals surface area contributed by atoms with Crippen LogP contribution in [0.3, 0.4) is 0 Å². The monoisotopic (exact) mass is 364 g/mol. The van der Waals surface area contributed by atoms with Gasteiger partial charge in [0.2, 0.25) is 5.91 Å². The minimum Gasteiger partial charge on any atom is -0.378 e. The van der Waals surface area contributed by atoms with E-state index in [1.165, 1.54) is 6.92 Å². The third kappa shape index (κ3) is 23.2. The van der Waals surface area contributed by atoms with Gasteiger partial charge in [-0.05, 0) is 0 Å². The van der Waals surface area contributed by atoms with Crippen LogP contribution in [-0.2, 0) is 28.5 Å². The van der Waals surface area contributed by atoms with E-state index in [1.807, 2.05) is 0 Å². The molecule has 2 N–H and O–H groups in total. The molecule has 0 radical (unpaired) electrons. The summed E-state index contributed by atoms with van der Waals surface area (Å²) in [5, 5.41) is 5.94. The molecule has 8 heteroatoms. The molecule has 0 unspecified atom stereocenters. The van der Waals surface area contributed by atoms with Gasteiger partial charge in [-0.25, -0.2) is 0 Å². The van der Waals surface area contributed by atoms with Gasteiger partial charge in [-0.3, -0.25) is 4.79 Å². The Morgan fingerprint density at radius 3 is 1.40 bits per heavy atom. The van der Waals surface area contributed by atoms with Crippen LogP contribution in [0.4, 0.5) is 0 Å². The summed E-state index contributed by atoms with van der Waals surface area (Å²) < 4.78 is 26.9. The van der Waals surface area contributed by atoms with Crippen molar-refractivity contribution in [2.24, 2.45) is 0 Å². The van der Waals surface area contributed by atoms with Crippen LogP contribution in [0.2, 0.25) is 0 Å². The zero-order valence-corrected chi connectivity index (χ0v) is 16.0. The van der Waals surface area contributed by atoms with Crippen molar-refractivity contribution in [2.75, 3.05) is 79.2 Å². The van der Waals surface area contributed by atoms with Crippen LogP contribution in [0.15, 0.2) is 0 Å². The Hall–Kier alpha value is -0.770. The first kappa shape index (κ1) is 24.2. The molecule has 0 aliphatic heterocycles. The third-order valence-electron chi connectivity index (χ3n) is 2.91. The Bertz CT molecular complexity index is 292. The summed E-state index contributed by atoms with van der Waals surface area (Å²) in [6.45, 7) is 12.7. The highest BCUT2D eigenvalue weighted by atomic mass is 16.6. The van der Waals surface area contributed by atoms with Crippen molar-refractivity contribution in [2.45, 2.75) is 26.8 Å². The van der Waals surface area contributed by atoms with Crippen LogP contribution in [-0.4, -0.2) is 91.1 Å². The molecule has 0 aromatic heterocycles. The maximum absolute atomic E-state index is 10.6. The molecule has 0 aliphatic rings.